The van der Waals surface area contributed by atoms with Gasteiger partial charge in [0.2, 0.25) is 0 Å². The van der Waals surface area contributed by atoms with Gasteiger partial charge in [0.1, 0.15) is 12.4 Å². The van der Waals surface area contributed by atoms with Gasteiger partial charge in [0.05, 0.1) is 18.7 Å². The summed E-state index contributed by atoms with van der Waals surface area (Å²) in [5.41, 5.74) is 4.64. The fourth-order valence-corrected chi connectivity index (χ4v) is 5.22. The Labute approximate surface area is 211 Å². The lowest BCUT2D eigenvalue weighted by Crippen LogP contribution is -2.50. The van der Waals surface area contributed by atoms with Gasteiger partial charge in [0.15, 0.2) is 0 Å². The van der Waals surface area contributed by atoms with E-state index in [2.05, 4.69) is 5.32 Å². The Kier molecular flexibility index (Phi) is 7.03. The molecule has 0 saturated carbocycles. The number of esters is 1. The third-order valence-electron chi connectivity index (χ3n) is 6.98. The lowest BCUT2D eigenvalue weighted by Gasteiger charge is -2.37. The molecule has 36 heavy (non-hydrogen) atoms. The molecule has 5 rings (SSSR count). The number of urea groups is 1. The van der Waals surface area contributed by atoms with Crippen LogP contribution in [0.3, 0.4) is 0 Å². The SMILES string of the molecule is COC(=O)C1=C(c2ccc(OCc3ccccc3)cc2)C[C@@H]2CC[C@H]1N2C(=O)NCc1ccccc1. The predicted molar refractivity (Wildman–Crippen MR) is 138 cm³/mol. The van der Waals surface area contributed by atoms with Crippen molar-refractivity contribution in [3.63, 3.8) is 0 Å². The van der Waals surface area contributed by atoms with Gasteiger partial charge in [0.25, 0.3) is 0 Å². The van der Waals surface area contributed by atoms with Crippen LogP contribution in [0.25, 0.3) is 5.57 Å². The Morgan fingerprint density at radius 3 is 2.22 bits per heavy atom. The van der Waals surface area contributed by atoms with Gasteiger partial charge in [-0.25, -0.2) is 9.59 Å². The highest BCUT2D eigenvalue weighted by atomic mass is 16.5. The zero-order valence-electron chi connectivity index (χ0n) is 20.4. The molecule has 0 unspecified atom stereocenters. The quantitative estimate of drug-likeness (QED) is 0.462. The summed E-state index contributed by atoms with van der Waals surface area (Å²) in [5, 5.41) is 3.03. The number of carbonyl (C=O) groups excluding carboxylic acids is 2. The average Bonchev–Trinajstić information content (AvgIpc) is 3.24. The van der Waals surface area contributed by atoms with Crippen LogP contribution in [-0.2, 0) is 22.7 Å². The van der Waals surface area contributed by atoms with Crippen LogP contribution in [0.2, 0.25) is 0 Å². The number of hydrogen-bond acceptors (Lipinski definition) is 4. The molecule has 0 spiro atoms. The number of amides is 2. The van der Waals surface area contributed by atoms with Crippen molar-refractivity contribution in [2.45, 2.75) is 44.5 Å². The molecule has 6 nitrogen and oxygen atoms in total. The molecule has 1 N–H and O–H groups in total. The van der Waals surface area contributed by atoms with Crippen LogP contribution in [-0.4, -0.2) is 36.1 Å². The van der Waals surface area contributed by atoms with Crippen LogP contribution < -0.4 is 10.1 Å². The minimum Gasteiger partial charge on any atom is -0.489 e. The Morgan fingerprint density at radius 1 is 0.889 bits per heavy atom. The lowest BCUT2D eigenvalue weighted by atomic mass is 9.88. The molecular formula is C30H30N2O4. The largest absolute Gasteiger partial charge is 0.489 e. The minimum absolute atomic E-state index is 0.0446. The van der Waals surface area contributed by atoms with E-state index in [0.29, 0.717) is 25.1 Å². The average molecular weight is 483 g/mol. The molecule has 2 aliphatic heterocycles. The first-order valence-corrected chi connectivity index (χ1v) is 12.3. The van der Waals surface area contributed by atoms with E-state index in [1.807, 2.05) is 89.8 Å². The number of benzene rings is 3. The van der Waals surface area contributed by atoms with Crippen molar-refractivity contribution in [3.8, 4) is 5.75 Å². The van der Waals surface area contributed by atoms with E-state index in [0.717, 1.165) is 40.9 Å². The molecule has 3 aromatic rings. The minimum atomic E-state index is -0.374. The molecule has 0 radical (unpaired) electrons. The van der Waals surface area contributed by atoms with E-state index in [9.17, 15) is 9.59 Å². The number of methoxy groups -OCH3 is 1. The lowest BCUT2D eigenvalue weighted by molar-refractivity contribution is -0.136. The number of rotatable bonds is 7. The van der Waals surface area contributed by atoms with Gasteiger partial charge in [-0.05, 0) is 53.7 Å². The molecule has 0 aliphatic carbocycles. The standard InChI is InChI=1S/C30H30N2O4/c1-35-29(33)28-26(23-12-15-25(16-13-23)36-20-22-10-6-3-7-11-22)18-24-14-17-27(28)32(24)30(34)31-19-21-8-4-2-5-9-21/h2-13,15-16,24,27H,14,17-20H2,1H3,(H,31,34)/t24-,27+/m0/s1. The molecule has 2 aliphatic rings. The van der Waals surface area contributed by atoms with Gasteiger partial charge in [-0.15, -0.1) is 0 Å². The smallest absolute Gasteiger partial charge is 0.336 e. The summed E-state index contributed by atoms with van der Waals surface area (Å²) in [6, 6.07) is 27.3. The highest BCUT2D eigenvalue weighted by molar-refractivity contribution is 6.01. The fourth-order valence-electron chi connectivity index (χ4n) is 5.22. The molecule has 2 heterocycles. The summed E-state index contributed by atoms with van der Waals surface area (Å²) in [5.74, 6) is 0.393. The molecule has 0 aromatic heterocycles. The Bertz CT molecular complexity index is 1240. The van der Waals surface area contributed by atoms with Gasteiger partial charge >= 0.3 is 12.0 Å². The second kappa shape index (κ2) is 10.7. The second-order valence-electron chi connectivity index (χ2n) is 9.19. The summed E-state index contributed by atoms with van der Waals surface area (Å²) < 4.78 is 11.1. The molecule has 184 valence electrons. The van der Waals surface area contributed by atoms with E-state index in [4.69, 9.17) is 9.47 Å². The van der Waals surface area contributed by atoms with Crippen molar-refractivity contribution in [3.05, 3.63) is 107 Å². The van der Waals surface area contributed by atoms with Crippen LogP contribution >= 0.6 is 0 Å². The van der Waals surface area contributed by atoms with E-state index in [1.54, 1.807) is 0 Å². The van der Waals surface area contributed by atoms with Crippen molar-refractivity contribution in [1.29, 1.82) is 0 Å². The van der Waals surface area contributed by atoms with Gasteiger partial charge in [-0.3, -0.25) is 0 Å². The Hall–Kier alpha value is -4.06. The van der Waals surface area contributed by atoms with Crippen LogP contribution in [0.1, 0.15) is 36.0 Å². The van der Waals surface area contributed by atoms with Gasteiger partial charge < -0.3 is 19.7 Å². The number of hydrogen-bond donors (Lipinski definition) is 1. The summed E-state index contributed by atoms with van der Waals surface area (Å²) in [7, 11) is 1.40. The molecule has 2 amide bonds. The van der Waals surface area contributed by atoms with Crippen molar-refractivity contribution in [2.24, 2.45) is 0 Å². The zero-order chi connectivity index (χ0) is 24.9. The summed E-state index contributed by atoms with van der Waals surface area (Å²) in [6.07, 6.45) is 2.21. The molecule has 2 atom stereocenters. The summed E-state index contributed by atoms with van der Waals surface area (Å²) >= 11 is 0. The first-order chi connectivity index (χ1) is 17.6. The van der Waals surface area contributed by atoms with Crippen molar-refractivity contribution in [2.75, 3.05) is 7.11 Å². The summed E-state index contributed by atoms with van der Waals surface area (Å²) in [6.45, 7) is 0.942. The molecule has 3 aromatic carbocycles. The third-order valence-corrected chi connectivity index (χ3v) is 6.98. The first kappa shape index (κ1) is 23.7. The van der Waals surface area contributed by atoms with Crippen molar-refractivity contribution >= 4 is 17.6 Å². The van der Waals surface area contributed by atoms with Crippen LogP contribution in [0.5, 0.6) is 5.75 Å². The van der Waals surface area contributed by atoms with E-state index >= 15 is 0 Å². The molecule has 1 saturated heterocycles. The maximum atomic E-state index is 13.2. The second-order valence-corrected chi connectivity index (χ2v) is 9.19. The monoisotopic (exact) mass is 482 g/mol. The topological polar surface area (TPSA) is 67.9 Å². The highest BCUT2D eigenvalue weighted by Crippen LogP contribution is 2.43. The van der Waals surface area contributed by atoms with Gasteiger partial charge in [-0.2, -0.15) is 0 Å². The number of ether oxygens (including phenoxy) is 2. The van der Waals surface area contributed by atoms with E-state index in [1.165, 1.54) is 7.11 Å². The number of carbonyl (C=O) groups is 2. The van der Waals surface area contributed by atoms with Crippen LogP contribution in [0.15, 0.2) is 90.5 Å². The molecular weight excluding hydrogens is 452 g/mol. The molecule has 1 fully saturated rings. The zero-order valence-corrected chi connectivity index (χ0v) is 20.4. The van der Waals surface area contributed by atoms with Gasteiger partial charge in [0, 0.05) is 12.6 Å². The number of fused-ring (bicyclic) bond motifs is 2. The maximum absolute atomic E-state index is 13.2. The number of nitrogens with zero attached hydrogens (tertiary/aromatic N) is 1. The van der Waals surface area contributed by atoms with Crippen molar-refractivity contribution < 1.29 is 19.1 Å². The Balaban J connectivity index is 1.34. The molecule has 2 bridgehead atoms. The highest BCUT2D eigenvalue weighted by Gasteiger charge is 2.46. The molecule has 6 heteroatoms. The number of nitrogens with one attached hydrogen (secondary N) is 1. The van der Waals surface area contributed by atoms with Crippen molar-refractivity contribution in [1.82, 2.24) is 10.2 Å². The third kappa shape index (κ3) is 4.98. The Morgan fingerprint density at radius 2 is 1.56 bits per heavy atom. The predicted octanol–water partition coefficient (Wildman–Crippen LogP) is 5.34. The van der Waals surface area contributed by atoms with Crippen LogP contribution in [0.4, 0.5) is 4.79 Å². The fraction of sp³-hybridized carbons (Fsp3) is 0.267. The first-order valence-electron chi connectivity index (χ1n) is 12.3. The summed E-state index contributed by atoms with van der Waals surface area (Å²) in [4.78, 5) is 28.0. The van der Waals surface area contributed by atoms with Gasteiger partial charge in [-0.1, -0.05) is 72.8 Å². The maximum Gasteiger partial charge on any atom is 0.336 e. The van der Waals surface area contributed by atoms with E-state index < -0.39 is 0 Å². The van der Waals surface area contributed by atoms with E-state index in [-0.39, 0.29) is 24.1 Å². The normalized spacial score (nSPS) is 18.6. The van der Waals surface area contributed by atoms with Crippen LogP contribution in [0, 0.1) is 0 Å².